The first-order valence-electron chi connectivity index (χ1n) is 8.91. The number of methoxy groups -OCH3 is 2. The number of ketones is 1. The van der Waals surface area contributed by atoms with Crippen LogP contribution in [0.15, 0.2) is 45.3 Å². The summed E-state index contributed by atoms with van der Waals surface area (Å²) in [7, 11) is 4.79. The molecule has 7 heteroatoms. The van der Waals surface area contributed by atoms with Crippen molar-refractivity contribution in [2.45, 2.75) is 19.3 Å². The van der Waals surface area contributed by atoms with Gasteiger partial charge in [-0.3, -0.25) is 9.59 Å². The Balaban J connectivity index is 2.38. The second-order valence-electron chi connectivity index (χ2n) is 6.43. The lowest BCUT2D eigenvalue weighted by Gasteiger charge is -2.12. The monoisotopic (exact) mass is 442 g/mol. The Kier molecular flexibility index (Phi) is 5.94. The van der Waals surface area contributed by atoms with Gasteiger partial charge in [0.2, 0.25) is 0 Å². The van der Waals surface area contributed by atoms with Crippen LogP contribution in [-0.4, -0.2) is 33.8 Å². The zero-order valence-corrected chi connectivity index (χ0v) is 17.8. The van der Waals surface area contributed by atoms with Crippen LogP contribution in [0.2, 0.25) is 0 Å². The van der Waals surface area contributed by atoms with Gasteiger partial charge in [0, 0.05) is 10.9 Å². The lowest BCUT2D eigenvalue weighted by molar-refractivity contribution is -0.142. The summed E-state index contributed by atoms with van der Waals surface area (Å²) in [5.41, 5.74) is 2.23. The molecular weight excluding hydrogens is 423 g/mol. The van der Waals surface area contributed by atoms with Gasteiger partial charge in [0.05, 0.1) is 24.3 Å². The van der Waals surface area contributed by atoms with Crippen molar-refractivity contribution in [3.63, 3.8) is 0 Å². The Morgan fingerprint density at radius 1 is 1.21 bits per heavy atom. The number of hydrogen-bond acceptors (Lipinski definition) is 5. The number of ether oxygens (including phenoxy) is 2. The number of carbonyl (C=O) groups is 2. The Hall–Kier alpha value is -2.54. The molecule has 2 aromatic carbocycles. The van der Waals surface area contributed by atoms with Gasteiger partial charge < -0.3 is 13.9 Å². The highest BCUT2D eigenvalue weighted by Crippen LogP contribution is 2.41. The van der Waals surface area contributed by atoms with Crippen LogP contribution in [0.4, 0.5) is 0 Å². The number of esters is 1. The predicted molar refractivity (Wildman–Crippen MR) is 114 cm³/mol. The quantitative estimate of drug-likeness (QED) is 0.332. The van der Waals surface area contributed by atoms with Gasteiger partial charge in [0.1, 0.15) is 30.9 Å². The largest absolute Gasteiger partial charge is 0.496 e. The van der Waals surface area contributed by atoms with E-state index in [9.17, 15) is 9.59 Å². The molecule has 0 saturated heterocycles. The zero-order valence-electron chi connectivity index (χ0n) is 16.2. The first-order valence-corrected chi connectivity index (χ1v) is 9.70. The fraction of sp³-hybridized carbons (Fsp3) is 0.238. The topological polar surface area (TPSA) is 65.7 Å². The molecule has 0 amide bonds. The van der Waals surface area contributed by atoms with Gasteiger partial charge in [-0.05, 0) is 33.9 Å². The Bertz CT molecular complexity index is 1040. The summed E-state index contributed by atoms with van der Waals surface area (Å²) in [6.45, 7) is 1.85. The second kappa shape index (κ2) is 8.23. The maximum atomic E-state index is 13.4. The zero-order chi connectivity index (χ0) is 20.4. The van der Waals surface area contributed by atoms with Crippen molar-refractivity contribution in [1.82, 2.24) is 0 Å². The van der Waals surface area contributed by atoms with Crippen molar-refractivity contribution in [2.75, 3.05) is 14.2 Å². The van der Waals surface area contributed by atoms with Crippen molar-refractivity contribution in [3.05, 3.63) is 57.8 Å². The summed E-state index contributed by atoms with van der Waals surface area (Å²) in [5.74, 6) is -0.412. The fourth-order valence-corrected chi connectivity index (χ4v) is 4.26. The summed E-state index contributed by atoms with van der Waals surface area (Å²) < 4.78 is 17.1. The number of benzene rings is 2. The van der Waals surface area contributed by atoms with E-state index in [4.69, 9.17) is 13.9 Å². The Morgan fingerprint density at radius 2 is 1.89 bits per heavy atom. The van der Waals surface area contributed by atoms with E-state index in [0.29, 0.717) is 44.5 Å². The van der Waals surface area contributed by atoms with Crippen molar-refractivity contribution < 1.29 is 23.5 Å². The molecule has 144 valence electrons. The molecule has 0 aliphatic heterocycles. The summed E-state index contributed by atoms with van der Waals surface area (Å²) in [4.78, 5) is 25.8. The minimum absolute atomic E-state index is 0.219. The van der Waals surface area contributed by atoms with Crippen molar-refractivity contribution in [1.29, 1.82) is 0 Å². The number of fused-ring (bicyclic) bond motifs is 1. The smallest absolute Gasteiger partial charge is 0.316 e. The molecule has 3 aromatic rings. The standard InChI is InChI=1S/C21H20BBrO5/c1-4-12(21(25)27-3)19-16(18(24)11-8-6-5-7-9-11)15-14(28-19)10-13(22)20(26-2)17(15)23/h5-10,12H,4,22H2,1-3H3. The number of halogens is 1. The van der Waals surface area contributed by atoms with Crippen molar-refractivity contribution in [2.24, 2.45) is 0 Å². The molecule has 0 bridgehead atoms. The number of furan rings is 1. The van der Waals surface area contributed by atoms with E-state index in [2.05, 4.69) is 15.9 Å². The van der Waals surface area contributed by atoms with Gasteiger partial charge in [-0.25, -0.2) is 0 Å². The van der Waals surface area contributed by atoms with Crippen LogP contribution in [0.1, 0.15) is 40.9 Å². The highest BCUT2D eigenvalue weighted by Gasteiger charge is 2.33. The third kappa shape index (κ3) is 3.35. The first kappa shape index (κ1) is 20.2. The molecule has 0 saturated carbocycles. The molecule has 28 heavy (non-hydrogen) atoms. The Labute approximate surface area is 172 Å². The van der Waals surface area contributed by atoms with Gasteiger partial charge in [-0.2, -0.15) is 0 Å². The lowest BCUT2D eigenvalue weighted by atomic mass is 9.90. The SMILES string of the molecule is Bc1cc2oc(C(CC)C(=O)OC)c(C(=O)c3ccccc3)c2c(Br)c1OC. The van der Waals surface area contributed by atoms with Crippen LogP contribution in [-0.2, 0) is 9.53 Å². The van der Waals surface area contributed by atoms with Gasteiger partial charge in [0.25, 0.3) is 0 Å². The van der Waals surface area contributed by atoms with Crippen LogP contribution in [0, 0.1) is 0 Å². The van der Waals surface area contributed by atoms with Gasteiger partial charge >= 0.3 is 5.97 Å². The fourth-order valence-electron chi connectivity index (χ4n) is 3.39. The molecule has 0 N–H and O–H groups in total. The van der Waals surface area contributed by atoms with E-state index < -0.39 is 11.9 Å². The van der Waals surface area contributed by atoms with E-state index in [1.54, 1.807) is 31.4 Å². The third-order valence-corrected chi connectivity index (χ3v) is 5.52. The summed E-state index contributed by atoms with van der Waals surface area (Å²) >= 11 is 3.57. The molecule has 1 heterocycles. The van der Waals surface area contributed by atoms with Gasteiger partial charge in [-0.15, -0.1) is 0 Å². The van der Waals surface area contributed by atoms with E-state index in [1.807, 2.05) is 26.9 Å². The van der Waals surface area contributed by atoms with Gasteiger partial charge in [-0.1, -0.05) is 37.3 Å². The minimum Gasteiger partial charge on any atom is -0.496 e. The number of carbonyl (C=O) groups excluding carboxylic acids is 2. The maximum Gasteiger partial charge on any atom is 0.316 e. The molecule has 0 aliphatic rings. The highest BCUT2D eigenvalue weighted by molar-refractivity contribution is 9.10. The van der Waals surface area contributed by atoms with Crippen LogP contribution >= 0.6 is 15.9 Å². The molecule has 0 aliphatic carbocycles. The lowest BCUT2D eigenvalue weighted by Crippen LogP contribution is -2.16. The molecule has 1 atom stereocenters. The van der Waals surface area contributed by atoms with Crippen LogP contribution in [0.25, 0.3) is 11.0 Å². The third-order valence-electron chi connectivity index (χ3n) is 4.76. The molecule has 5 nitrogen and oxygen atoms in total. The van der Waals surface area contributed by atoms with E-state index in [1.165, 1.54) is 7.11 Å². The predicted octanol–water partition coefficient (Wildman–Crippen LogP) is 3.36. The summed E-state index contributed by atoms with van der Waals surface area (Å²) in [6, 6.07) is 10.7. The van der Waals surface area contributed by atoms with E-state index in [0.717, 1.165) is 5.46 Å². The molecule has 1 unspecified atom stereocenters. The molecule has 0 fully saturated rings. The van der Waals surface area contributed by atoms with Crippen LogP contribution in [0.5, 0.6) is 5.75 Å². The minimum atomic E-state index is -0.682. The Morgan fingerprint density at radius 3 is 2.46 bits per heavy atom. The maximum absolute atomic E-state index is 13.4. The van der Waals surface area contributed by atoms with Crippen LogP contribution < -0.4 is 10.2 Å². The molecule has 1 aromatic heterocycles. The average molecular weight is 443 g/mol. The van der Waals surface area contributed by atoms with Gasteiger partial charge in [0.15, 0.2) is 5.78 Å². The summed E-state index contributed by atoms with van der Waals surface area (Å²) in [6.07, 6.45) is 0.440. The highest BCUT2D eigenvalue weighted by atomic mass is 79.9. The number of rotatable bonds is 6. The molecular formula is C21H20BBrO5. The summed E-state index contributed by atoms with van der Waals surface area (Å²) in [5, 5.41) is 0.591. The van der Waals surface area contributed by atoms with E-state index >= 15 is 0 Å². The van der Waals surface area contributed by atoms with Crippen molar-refractivity contribution >= 4 is 52.0 Å². The number of hydrogen-bond donors (Lipinski definition) is 0. The van der Waals surface area contributed by atoms with Crippen molar-refractivity contribution in [3.8, 4) is 5.75 Å². The molecule has 0 spiro atoms. The second-order valence-corrected chi connectivity index (χ2v) is 7.23. The molecule has 3 rings (SSSR count). The first-order chi connectivity index (χ1) is 13.4. The average Bonchev–Trinajstić information content (AvgIpc) is 3.07. The van der Waals surface area contributed by atoms with E-state index in [-0.39, 0.29) is 5.78 Å². The normalized spacial score (nSPS) is 12.0. The molecule has 0 radical (unpaired) electrons. The van der Waals surface area contributed by atoms with Crippen LogP contribution in [0.3, 0.4) is 0 Å².